The van der Waals surface area contributed by atoms with Crippen LogP contribution < -0.4 is 4.74 Å². The van der Waals surface area contributed by atoms with Gasteiger partial charge in [-0.25, -0.2) is 4.98 Å². The van der Waals surface area contributed by atoms with Crippen LogP contribution >= 0.6 is 0 Å². The molecule has 0 saturated carbocycles. The zero-order valence-electron chi connectivity index (χ0n) is 15.1. The standard InChI is InChI=1S/C18H25N5O2/c1-4-22-10-8-20-17(22)18(24)23-9-6-16(13-23)25-15-5-7-19-14(11-15)12-21(2)3/h5,7-8,10-11,16H,4,6,9,12-13H2,1-3H3. The third-order valence-electron chi connectivity index (χ3n) is 4.25. The summed E-state index contributed by atoms with van der Waals surface area (Å²) in [5, 5.41) is 0. The highest BCUT2D eigenvalue weighted by Crippen LogP contribution is 2.20. The summed E-state index contributed by atoms with van der Waals surface area (Å²) in [6, 6.07) is 3.84. The van der Waals surface area contributed by atoms with Gasteiger partial charge in [-0.05, 0) is 27.1 Å². The van der Waals surface area contributed by atoms with Crippen molar-refractivity contribution in [3.63, 3.8) is 0 Å². The molecule has 7 nitrogen and oxygen atoms in total. The van der Waals surface area contributed by atoms with Crippen molar-refractivity contribution in [1.82, 2.24) is 24.3 Å². The van der Waals surface area contributed by atoms with Crippen LogP contribution in [0.1, 0.15) is 29.7 Å². The zero-order valence-corrected chi connectivity index (χ0v) is 15.1. The fraction of sp³-hybridized carbons (Fsp3) is 0.500. The van der Waals surface area contributed by atoms with Gasteiger partial charge in [0, 0.05) is 50.7 Å². The van der Waals surface area contributed by atoms with Gasteiger partial charge < -0.3 is 19.1 Å². The van der Waals surface area contributed by atoms with Crippen molar-refractivity contribution in [2.45, 2.75) is 32.5 Å². The predicted molar refractivity (Wildman–Crippen MR) is 94.5 cm³/mol. The van der Waals surface area contributed by atoms with Crippen LogP contribution in [0.5, 0.6) is 5.75 Å². The number of pyridine rings is 1. The second-order valence-electron chi connectivity index (χ2n) is 6.54. The summed E-state index contributed by atoms with van der Waals surface area (Å²) in [4.78, 5) is 25.1. The van der Waals surface area contributed by atoms with E-state index in [1.807, 2.05) is 48.8 Å². The summed E-state index contributed by atoms with van der Waals surface area (Å²) in [6.45, 7) is 4.78. The second kappa shape index (κ2) is 7.65. The Hall–Kier alpha value is -2.41. The molecule has 1 aliphatic heterocycles. The molecule has 7 heteroatoms. The third kappa shape index (κ3) is 4.17. The van der Waals surface area contributed by atoms with Gasteiger partial charge in [0.1, 0.15) is 11.9 Å². The molecule has 0 aromatic carbocycles. The SMILES string of the molecule is CCn1ccnc1C(=O)N1CCC(Oc2ccnc(CN(C)C)c2)C1. The summed E-state index contributed by atoms with van der Waals surface area (Å²) in [7, 11) is 4.02. The number of carbonyl (C=O) groups is 1. The van der Waals surface area contributed by atoms with Crippen LogP contribution in [0.2, 0.25) is 0 Å². The molecule has 1 atom stereocenters. The zero-order chi connectivity index (χ0) is 17.8. The molecule has 0 N–H and O–H groups in total. The summed E-state index contributed by atoms with van der Waals surface area (Å²) < 4.78 is 7.94. The molecule has 0 spiro atoms. The Balaban J connectivity index is 1.61. The summed E-state index contributed by atoms with van der Waals surface area (Å²) in [6.07, 6.45) is 6.10. The molecule has 1 saturated heterocycles. The predicted octanol–water partition coefficient (Wildman–Crippen LogP) is 1.65. The average molecular weight is 343 g/mol. The van der Waals surface area contributed by atoms with Gasteiger partial charge in [-0.15, -0.1) is 0 Å². The monoisotopic (exact) mass is 343 g/mol. The van der Waals surface area contributed by atoms with E-state index in [0.29, 0.717) is 18.9 Å². The Morgan fingerprint density at radius 2 is 2.20 bits per heavy atom. The topological polar surface area (TPSA) is 63.5 Å². The molecule has 0 aliphatic carbocycles. The first-order valence-corrected chi connectivity index (χ1v) is 8.63. The van der Waals surface area contributed by atoms with Crippen LogP contribution in [0.3, 0.4) is 0 Å². The van der Waals surface area contributed by atoms with Gasteiger partial charge in [-0.3, -0.25) is 9.78 Å². The summed E-state index contributed by atoms with van der Waals surface area (Å²) in [5.41, 5.74) is 0.971. The third-order valence-corrected chi connectivity index (χ3v) is 4.25. The summed E-state index contributed by atoms with van der Waals surface area (Å²) >= 11 is 0. The lowest BCUT2D eigenvalue weighted by Gasteiger charge is -2.18. The van der Waals surface area contributed by atoms with E-state index in [9.17, 15) is 4.79 Å². The van der Waals surface area contributed by atoms with Gasteiger partial charge >= 0.3 is 0 Å². The Kier molecular flexibility index (Phi) is 5.33. The number of imidazole rings is 1. The molecule has 2 aromatic heterocycles. The number of carbonyl (C=O) groups excluding carboxylic acids is 1. The van der Waals surface area contributed by atoms with E-state index in [-0.39, 0.29) is 12.0 Å². The maximum Gasteiger partial charge on any atom is 0.289 e. The van der Waals surface area contributed by atoms with E-state index in [1.165, 1.54) is 0 Å². The van der Waals surface area contributed by atoms with Crippen molar-refractivity contribution >= 4 is 5.91 Å². The van der Waals surface area contributed by atoms with E-state index < -0.39 is 0 Å². The van der Waals surface area contributed by atoms with Crippen molar-refractivity contribution < 1.29 is 9.53 Å². The molecule has 1 fully saturated rings. The number of nitrogens with zero attached hydrogens (tertiary/aromatic N) is 5. The maximum absolute atomic E-state index is 12.6. The first-order valence-electron chi connectivity index (χ1n) is 8.63. The maximum atomic E-state index is 12.6. The number of ether oxygens (including phenoxy) is 1. The number of aromatic nitrogens is 3. The molecule has 1 amide bonds. The van der Waals surface area contributed by atoms with Crippen molar-refractivity contribution in [2.24, 2.45) is 0 Å². The Morgan fingerprint density at radius 3 is 2.96 bits per heavy atom. The van der Waals surface area contributed by atoms with E-state index in [1.54, 1.807) is 12.4 Å². The van der Waals surface area contributed by atoms with Crippen LogP contribution in [-0.4, -0.2) is 63.5 Å². The highest BCUT2D eigenvalue weighted by Gasteiger charge is 2.30. The minimum absolute atomic E-state index is 0.00333. The van der Waals surface area contributed by atoms with Crippen LogP contribution in [0.4, 0.5) is 0 Å². The van der Waals surface area contributed by atoms with Crippen LogP contribution in [0, 0.1) is 0 Å². The molecular weight excluding hydrogens is 318 g/mol. The highest BCUT2D eigenvalue weighted by atomic mass is 16.5. The van der Waals surface area contributed by atoms with Crippen molar-refractivity contribution in [1.29, 1.82) is 0 Å². The van der Waals surface area contributed by atoms with Gasteiger partial charge in [0.05, 0.1) is 12.2 Å². The molecule has 134 valence electrons. The quantitative estimate of drug-likeness (QED) is 0.798. The number of amides is 1. The van der Waals surface area contributed by atoms with Crippen LogP contribution in [-0.2, 0) is 13.1 Å². The number of hydrogen-bond donors (Lipinski definition) is 0. The van der Waals surface area contributed by atoms with Crippen molar-refractivity contribution in [3.05, 3.63) is 42.2 Å². The first-order chi connectivity index (χ1) is 12.1. The number of hydrogen-bond acceptors (Lipinski definition) is 5. The molecule has 25 heavy (non-hydrogen) atoms. The van der Waals surface area contributed by atoms with E-state index in [0.717, 1.165) is 31.0 Å². The second-order valence-corrected chi connectivity index (χ2v) is 6.54. The molecule has 3 rings (SSSR count). The van der Waals surface area contributed by atoms with Gasteiger partial charge in [-0.1, -0.05) is 0 Å². The van der Waals surface area contributed by atoms with Crippen molar-refractivity contribution in [2.75, 3.05) is 27.2 Å². The minimum atomic E-state index is -0.0269. The van der Waals surface area contributed by atoms with Gasteiger partial charge in [-0.2, -0.15) is 0 Å². The minimum Gasteiger partial charge on any atom is -0.488 e. The largest absolute Gasteiger partial charge is 0.488 e. The normalized spacial score (nSPS) is 17.3. The van der Waals surface area contributed by atoms with Gasteiger partial charge in [0.15, 0.2) is 5.82 Å². The molecular formula is C18H25N5O2. The highest BCUT2D eigenvalue weighted by molar-refractivity contribution is 5.91. The fourth-order valence-electron chi connectivity index (χ4n) is 3.04. The summed E-state index contributed by atoms with van der Waals surface area (Å²) in [5.74, 6) is 1.28. The fourth-order valence-corrected chi connectivity index (χ4v) is 3.04. The number of rotatable bonds is 6. The van der Waals surface area contributed by atoms with Crippen molar-refractivity contribution in [3.8, 4) is 5.75 Å². The average Bonchev–Trinajstić information content (AvgIpc) is 3.22. The molecule has 0 radical (unpaired) electrons. The van der Waals surface area contributed by atoms with Gasteiger partial charge in [0.2, 0.25) is 0 Å². The van der Waals surface area contributed by atoms with Crippen LogP contribution in [0.15, 0.2) is 30.7 Å². The Labute approximate surface area is 148 Å². The lowest BCUT2D eigenvalue weighted by atomic mass is 10.3. The molecule has 0 bridgehead atoms. The molecule has 1 aliphatic rings. The Morgan fingerprint density at radius 1 is 1.36 bits per heavy atom. The lowest BCUT2D eigenvalue weighted by Crippen LogP contribution is -2.32. The first kappa shape index (κ1) is 17.4. The Bertz CT molecular complexity index is 728. The number of likely N-dealkylation sites (tertiary alicyclic amines) is 1. The van der Waals surface area contributed by atoms with E-state index >= 15 is 0 Å². The number of aryl methyl sites for hydroxylation is 1. The van der Waals surface area contributed by atoms with Crippen LogP contribution in [0.25, 0.3) is 0 Å². The molecule has 3 heterocycles. The van der Waals surface area contributed by atoms with E-state index in [2.05, 4.69) is 14.9 Å². The molecule has 1 unspecified atom stereocenters. The lowest BCUT2D eigenvalue weighted by molar-refractivity contribution is 0.0755. The molecule has 2 aromatic rings. The van der Waals surface area contributed by atoms with Gasteiger partial charge in [0.25, 0.3) is 5.91 Å². The smallest absolute Gasteiger partial charge is 0.289 e. The van der Waals surface area contributed by atoms with E-state index in [4.69, 9.17) is 4.74 Å².